The van der Waals surface area contributed by atoms with Crippen molar-refractivity contribution in [2.24, 2.45) is 0 Å². The summed E-state index contributed by atoms with van der Waals surface area (Å²) < 4.78 is 5.46. The molecular weight excluding hydrogens is 276 g/mol. The number of likely N-dealkylation sites (tertiary alicyclic amines) is 1. The number of ether oxygens (including phenoxy) is 1. The lowest BCUT2D eigenvalue weighted by Crippen LogP contribution is -2.49. The fourth-order valence-corrected chi connectivity index (χ4v) is 3.63. The second kappa shape index (κ2) is 7.25. The maximum absolute atomic E-state index is 12.5. The minimum atomic E-state index is 0.174. The van der Waals surface area contributed by atoms with Gasteiger partial charge in [0.05, 0.1) is 0 Å². The maximum Gasteiger partial charge on any atom is 0.253 e. The lowest BCUT2D eigenvalue weighted by molar-refractivity contribution is 0.0152. The number of hydrogen-bond acceptors (Lipinski definition) is 3. The Bertz CT molecular complexity index is 477. The second-order valence-corrected chi connectivity index (χ2v) is 6.40. The number of piperidine rings is 1. The molecule has 22 heavy (non-hydrogen) atoms. The normalized spacial score (nSPS) is 21.3. The van der Waals surface area contributed by atoms with E-state index in [4.69, 9.17) is 4.74 Å². The standard InChI is InChI=1S/C18H26N2O2/c1-19(17-9-13-22-14-10-17)16-7-11-20(12-8-16)18(21)15-5-3-2-4-6-15/h2-6,16-17H,7-14H2,1H3. The summed E-state index contributed by atoms with van der Waals surface area (Å²) in [5, 5.41) is 0. The molecule has 2 fully saturated rings. The van der Waals surface area contributed by atoms with Crippen LogP contribution in [0.5, 0.6) is 0 Å². The van der Waals surface area contributed by atoms with E-state index in [1.54, 1.807) is 0 Å². The molecule has 4 nitrogen and oxygen atoms in total. The molecule has 2 aliphatic rings. The van der Waals surface area contributed by atoms with E-state index in [-0.39, 0.29) is 5.91 Å². The monoisotopic (exact) mass is 302 g/mol. The first-order chi connectivity index (χ1) is 10.8. The maximum atomic E-state index is 12.5. The number of amides is 1. The Labute approximate surface area is 133 Å². The molecule has 0 aromatic heterocycles. The zero-order chi connectivity index (χ0) is 15.4. The highest BCUT2D eigenvalue weighted by molar-refractivity contribution is 5.94. The quantitative estimate of drug-likeness (QED) is 0.859. The van der Waals surface area contributed by atoms with Gasteiger partial charge in [-0.1, -0.05) is 18.2 Å². The van der Waals surface area contributed by atoms with Crippen molar-refractivity contribution in [3.8, 4) is 0 Å². The third kappa shape index (κ3) is 3.50. The van der Waals surface area contributed by atoms with E-state index in [1.807, 2.05) is 35.2 Å². The zero-order valence-corrected chi connectivity index (χ0v) is 13.4. The Balaban J connectivity index is 1.52. The van der Waals surface area contributed by atoms with Gasteiger partial charge in [-0.3, -0.25) is 4.79 Å². The molecule has 0 atom stereocenters. The molecule has 3 rings (SSSR count). The smallest absolute Gasteiger partial charge is 0.253 e. The Morgan fingerprint density at radius 1 is 1.05 bits per heavy atom. The van der Waals surface area contributed by atoms with Crippen LogP contribution in [-0.4, -0.2) is 61.1 Å². The van der Waals surface area contributed by atoms with Crippen LogP contribution in [-0.2, 0) is 4.74 Å². The Kier molecular flexibility index (Phi) is 5.11. The summed E-state index contributed by atoms with van der Waals surface area (Å²) in [6.45, 7) is 3.51. The van der Waals surface area contributed by atoms with Crippen molar-refractivity contribution in [3.05, 3.63) is 35.9 Å². The predicted octanol–water partition coefficient (Wildman–Crippen LogP) is 2.40. The summed E-state index contributed by atoms with van der Waals surface area (Å²) in [7, 11) is 2.25. The van der Waals surface area contributed by atoms with E-state index in [0.29, 0.717) is 12.1 Å². The average molecular weight is 302 g/mol. The van der Waals surface area contributed by atoms with E-state index >= 15 is 0 Å². The topological polar surface area (TPSA) is 32.8 Å². The first kappa shape index (κ1) is 15.5. The van der Waals surface area contributed by atoms with E-state index < -0.39 is 0 Å². The summed E-state index contributed by atoms with van der Waals surface area (Å²) in [5.41, 5.74) is 0.804. The van der Waals surface area contributed by atoms with E-state index in [1.165, 1.54) is 0 Å². The van der Waals surface area contributed by atoms with Crippen LogP contribution >= 0.6 is 0 Å². The molecule has 1 aromatic rings. The fourth-order valence-electron chi connectivity index (χ4n) is 3.63. The van der Waals surface area contributed by atoms with Gasteiger partial charge in [-0.25, -0.2) is 0 Å². The van der Waals surface area contributed by atoms with Crippen molar-refractivity contribution < 1.29 is 9.53 Å². The van der Waals surface area contributed by atoms with Gasteiger partial charge in [0, 0.05) is 44.0 Å². The Hall–Kier alpha value is -1.39. The molecule has 0 saturated carbocycles. The molecule has 120 valence electrons. The van der Waals surface area contributed by atoms with Crippen molar-refractivity contribution in [1.29, 1.82) is 0 Å². The molecule has 0 spiro atoms. The average Bonchev–Trinajstić information content (AvgIpc) is 2.62. The Morgan fingerprint density at radius 2 is 1.64 bits per heavy atom. The number of nitrogens with zero attached hydrogens (tertiary/aromatic N) is 2. The molecule has 2 saturated heterocycles. The highest BCUT2D eigenvalue weighted by Gasteiger charge is 2.29. The molecule has 0 radical (unpaired) electrons. The third-order valence-corrected chi connectivity index (χ3v) is 5.12. The van der Waals surface area contributed by atoms with Gasteiger partial charge in [0.15, 0.2) is 0 Å². The minimum absolute atomic E-state index is 0.174. The van der Waals surface area contributed by atoms with Crippen LogP contribution in [0, 0.1) is 0 Å². The molecular formula is C18H26N2O2. The molecule has 0 aliphatic carbocycles. The SMILES string of the molecule is CN(C1CCOCC1)C1CCN(C(=O)c2ccccc2)CC1. The number of rotatable bonds is 3. The number of carbonyl (C=O) groups excluding carboxylic acids is 1. The predicted molar refractivity (Wildman–Crippen MR) is 87.0 cm³/mol. The molecule has 1 amide bonds. The molecule has 2 heterocycles. The van der Waals surface area contributed by atoms with E-state index in [9.17, 15) is 4.79 Å². The molecule has 4 heteroatoms. The van der Waals surface area contributed by atoms with E-state index in [2.05, 4.69) is 11.9 Å². The number of hydrogen-bond donors (Lipinski definition) is 0. The first-order valence-electron chi connectivity index (χ1n) is 8.39. The summed E-state index contributed by atoms with van der Waals surface area (Å²) in [6.07, 6.45) is 4.43. The van der Waals surface area contributed by atoms with Gasteiger partial charge in [-0.05, 0) is 44.9 Å². The van der Waals surface area contributed by atoms with Gasteiger partial charge in [0.1, 0.15) is 0 Å². The van der Waals surface area contributed by atoms with Crippen LogP contribution in [0.25, 0.3) is 0 Å². The van der Waals surface area contributed by atoms with Gasteiger partial charge in [-0.2, -0.15) is 0 Å². The molecule has 0 N–H and O–H groups in total. The summed E-state index contributed by atoms with van der Waals surface area (Å²) in [6, 6.07) is 10.9. The van der Waals surface area contributed by atoms with Crippen LogP contribution < -0.4 is 0 Å². The van der Waals surface area contributed by atoms with Gasteiger partial charge in [0.25, 0.3) is 5.91 Å². The van der Waals surface area contributed by atoms with Crippen molar-refractivity contribution in [2.75, 3.05) is 33.4 Å². The number of carbonyl (C=O) groups is 1. The fraction of sp³-hybridized carbons (Fsp3) is 0.611. The molecule has 0 bridgehead atoms. The summed E-state index contributed by atoms with van der Waals surface area (Å²) >= 11 is 0. The van der Waals surface area contributed by atoms with Crippen molar-refractivity contribution >= 4 is 5.91 Å². The Morgan fingerprint density at radius 3 is 2.27 bits per heavy atom. The first-order valence-corrected chi connectivity index (χ1v) is 8.39. The van der Waals surface area contributed by atoms with Gasteiger partial charge >= 0.3 is 0 Å². The van der Waals surface area contributed by atoms with Gasteiger partial charge in [-0.15, -0.1) is 0 Å². The molecule has 2 aliphatic heterocycles. The number of benzene rings is 1. The highest BCUT2D eigenvalue weighted by Crippen LogP contribution is 2.22. The van der Waals surface area contributed by atoms with Crippen LogP contribution in [0.3, 0.4) is 0 Å². The lowest BCUT2D eigenvalue weighted by Gasteiger charge is -2.41. The van der Waals surface area contributed by atoms with Gasteiger partial charge in [0.2, 0.25) is 0 Å². The summed E-state index contributed by atoms with van der Waals surface area (Å²) in [4.78, 5) is 17.0. The lowest BCUT2D eigenvalue weighted by atomic mass is 9.98. The van der Waals surface area contributed by atoms with Crippen LogP contribution in [0.15, 0.2) is 30.3 Å². The summed E-state index contributed by atoms with van der Waals surface area (Å²) in [5.74, 6) is 0.174. The third-order valence-electron chi connectivity index (χ3n) is 5.12. The highest BCUT2D eigenvalue weighted by atomic mass is 16.5. The molecule has 0 unspecified atom stereocenters. The van der Waals surface area contributed by atoms with Crippen LogP contribution in [0.2, 0.25) is 0 Å². The second-order valence-electron chi connectivity index (χ2n) is 6.40. The van der Waals surface area contributed by atoms with Gasteiger partial charge < -0.3 is 14.5 Å². The van der Waals surface area contributed by atoms with Crippen molar-refractivity contribution in [3.63, 3.8) is 0 Å². The van der Waals surface area contributed by atoms with Crippen molar-refractivity contribution in [2.45, 2.75) is 37.8 Å². The zero-order valence-electron chi connectivity index (χ0n) is 13.4. The van der Waals surface area contributed by atoms with Crippen molar-refractivity contribution in [1.82, 2.24) is 9.80 Å². The largest absolute Gasteiger partial charge is 0.381 e. The molecule has 1 aromatic carbocycles. The van der Waals surface area contributed by atoms with Crippen LogP contribution in [0.4, 0.5) is 0 Å². The minimum Gasteiger partial charge on any atom is -0.381 e. The van der Waals surface area contributed by atoms with E-state index in [0.717, 1.165) is 57.6 Å². The van der Waals surface area contributed by atoms with Crippen LogP contribution in [0.1, 0.15) is 36.0 Å².